The summed E-state index contributed by atoms with van der Waals surface area (Å²) in [6, 6.07) is 18.5. The SMILES string of the molecule is O[C@@H](c1ccc(Br)cc1)[C@@H](CN1CCCCC1)c1ccccc1. The largest absolute Gasteiger partial charge is 0.388 e. The number of piperidine rings is 1. The van der Waals surface area contributed by atoms with Crippen molar-refractivity contribution in [3.8, 4) is 0 Å². The highest BCUT2D eigenvalue weighted by Gasteiger charge is 2.25. The first kappa shape index (κ1) is 16.7. The molecule has 2 aromatic rings. The lowest BCUT2D eigenvalue weighted by Crippen LogP contribution is -2.35. The molecule has 1 aliphatic heterocycles. The van der Waals surface area contributed by atoms with Gasteiger partial charge in [0.2, 0.25) is 0 Å². The van der Waals surface area contributed by atoms with Crippen LogP contribution in [0.25, 0.3) is 0 Å². The predicted molar refractivity (Wildman–Crippen MR) is 98.6 cm³/mol. The van der Waals surface area contributed by atoms with E-state index in [-0.39, 0.29) is 5.92 Å². The molecule has 3 heteroatoms. The number of nitrogens with zero attached hydrogens (tertiary/aromatic N) is 1. The number of hydrogen-bond acceptors (Lipinski definition) is 2. The lowest BCUT2D eigenvalue weighted by molar-refractivity contribution is 0.109. The smallest absolute Gasteiger partial charge is 0.0870 e. The van der Waals surface area contributed by atoms with Gasteiger partial charge in [-0.15, -0.1) is 0 Å². The second-order valence-corrected chi connectivity index (χ2v) is 7.29. The fraction of sp³-hybridized carbons (Fsp3) is 0.400. The van der Waals surface area contributed by atoms with Crippen LogP contribution in [0.1, 0.15) is 42.4 Å². The molecular formula is C20H24BrNO. The Morgan fingerprint density at radius 1 is 0.870 bits per heavy atom. The van der Waals surface area contributed by atoms with Gasteiger partial charge in [0, 0.05) is 16.9 Å². The maximum Gasteiger partial charge on any atom is 0.0870 e. The van der Waals surface area contributed by atoms with Crippen LogP contribution in [0.5, 0.6) is 0 Å². The maximum absolute atomic E-state index is 11.0. The molecule has 0 spiro atoms. The molecule has 2 aromatic carbocycles. The first-order valence-electron chi connectivity index (χ1n) is 8.45. The minimum absolute atomic E-state index is 0.107. The summed E-state index contributed by atoms with van der Waals surface area (Å²) >= 11 is 3.47. The van der Waals surface area contributed by atoms with Gasteiger partial charge in [-0.3, -0.25) is 0 Å². The van der Waals surface area contributed by atoms with Crippen molar-refractivity contribution in [1.82, 2.24) is 4.90 Å². The summed E-state index contributed by atoms with van der Waals surface area (Å²) in [4.78, 5) is 2.50. The van der Waals surface area contributed by atoms with Gasteiger partial charge in [0.25, 0.3) is 0 Å². The molecule has 1 heterocycles. The van der Waals surface area contributed by atoms with Crippen molar-refractivity contribution < 1.29 is 5.11 Å². The van der Waals surface area contributed by atoms with Crippen molar-refractivity contribution in [2.24, 2.45) is 0 Å². The first-order chi connectivity index (χ1) is 11.2. The van der Waals surface area contributed by atoms with Crippen LogP contribution in [-0.2, 0) is 0 Å². The van der Waals surface area contributed by atoms with Gasteiger partial charge in [0.05, 0.1) is 6.10 Å². The second kappa shape index (κ2) is 8.09. The van der Waals surface area contributed by atoms with E-state index < -0.39 is 6.10 Å². The molecule has 122 valence electrons. The van der Waals surface area contributed by atoms with Crippen LogP contribution in [0.2, 0.25) is 0 Å². The third kappa shape index (κ3) is 4.43. The minimum Gasteiger partial charge on any atom is -0.388 e. The fourth-order valence-electron chi connectivity index (χ4n) is 3.40. The quantitative estimate of drug-likeness (QED) is 0.816. The predicted octanol–water partition coefficient (Wildman–Crippen LogP) is 4.75. The Kier molecular flexibility index (Phi) is 5.87. The molecule has 1 fully saturated rings. The van der Waals surface area contributed by atoms with Gasteiger partial charge in [-0.25, -0.2) is 0 Å². The van der Waals surface area contributed by atoms with E-state index in [1.54, 1.807) is 0 Å². The Balaban J connectivity index is 1.83. The fourth-order valence-corrected chi connectivity index (χ4v) is 3.66. The van der Waals surface area contributed by atoms with E-state index in [4.69, 9.17) is 0 Å². The molecule has 0 aliphatic carbocycles. The zero-order valence-electron chi connectivity index (χ0n) is 13.4. The Hall–Kier alpha value is -1.16. The molecule has 0 bridgehead atoms. The molecule has 2 nitrogen and oxygen atoms in total. The molecule has 0 saturated carbocycles. The summed E-state index contributed by atoms with van der Waals surface area (Å²) in [5.74, 6) is 0.107. The topological polar surface area (TPSA) is 23.5 Å². The summed E-state index contributed by atoms with van der Waals surface area (Å²) < 4.78 is 1.04. The van der Waals surface area contributed by atoms with Crippen molar-refractivity contribution in [3.63, 3.8) is 0 Å². The molecule has 0 unspecified atom stereocenters. The van der Waals surface area contributed by atoms with Crippen molar-refractivity contribution in [2.45, 2.75) is 31.3 Å². The zero-order chi connectivity index (χ0) is 16.1. The standard InChI is InChI=1S/C20H24BrNO/c21-18-11-9-17(10-12-18)20(23)19(16-7-3-1-4-8-16)15-22-13-5-2-6-14-22/h1,3-4,7-12,19-20,23H,2,5-6,13-15H2/t19-,20-/m0/s1. The number of likely N-dealkylation sites (tertiary alicyclic amines) is 1. The van der Waals surface area contributed by atoms with E-state index in [1.807, 2.05) is 30.3 Å². The van der Waals surface area contributed by atoms with Crippen LogP contribution in [0.3, 0.4) is 0 Å². The number of aliphatic hydroxyl groups excluding tert-OH is 1. The number of halogens is 1. The van der Waals surface area contributed by atoms with Crippen molar-refractivity contribution in [2.75, 3.05) is 19.6 Å². The number of hydrogen-bond donors (Lipinski definition) is 1. The molecule has 0 aromatic heterocycles. The highest BCUT2D eigenvalue weighted by atomic mass is 79.9. The molecular weight excluding hydrogens is 350 g/mol. The van der Waals surface area contributed by atoms with Gasteiger partial charge in [0.15, 0.2) is 0 Å². The summed E-state index contributed by atoms with van der Waals surface area (Å²) in [5.41, 5.74) is 2.20. The van der Waals surface area contributed by atoms with E-state index in [1.165, 1.54) is 24.8 Å². The zero-order valence-corrected chi connectivity index (χ0v) is 15.0. The summed E-state index contributed by atoms with van der Waals surface area (Å²) in [7, 11) is 0. The third-order valence-electron chi connectivity index (χ3n) is 4.72. The monoisotopic (exact) mass is 373 g/mol. The van der Waals surface area contributed by atoms with Crippen LogP contribution in [0.15, 0.2) is 59.1 Å². The first-order valence-corrected chi connectivity index (χ1v) is 9.24. The summed E-state index contributed by atoms with van der Waals surface area (Å²) in [6.45, 7) is 3.22. The highest BCUT2D eigenvalue weighted by molar-refractivity contribution is 9.10. The van der Waals surface area contributed by atoms with E-state index in [2.05, 4.69) is 45.1 Å². The van der Waals surface area contributed by atoms with Gasteiger partial charge in [-0.1, -0.05) is 64.8 Å². The third-order valence-corrected chi connectivity index (χ3v) is 5.25. The molecule has 1 aliphatic rings. The highest BCUT2D eigenvalue weighted by Crippen LogP contribution is 2.33. The Labute approximate surface area is 147 Å². The van der Waals surface area contributed by atoms with Crippen molar-refractivity contribution in [3.05, 3.63) is 70.2 Å². The second-order valence-electron chi connectivity index (χ2n) is 6.37. The van der Waals surface area contributed by atoms with Crippen LogP contribution in [0, 0.1) is 0 Å². The lowest BCUT2D eigenvalue weighted by Gasteiger charge is -2.33. The van der Waals surface area contributed by atoms with E-state index in [9.17, 15) is 5.11 Å². The van der Waals surface area contributed by atoms with Crippen molar-refractivity contribution >= 4 is 15.9 Å². The Bertz CT molecular complexity index is 593. The maximum atomic E-state index is 11.0. The lowest BCUT2D eigenvalue weighted by atomic mass is 9.88. The average molecular weight is 374 g/mol. The summed E-state index contributed by atoms with van der Waals surface area (Å²) in [6.07, 6.45) is 3.40. The van der Waals surface area contributed by atoms with E-state index in [0.29, 0.717) is 0 Å². The molecule has 1 N–H and O–H groups in total. The van der Waals surface area contributed by atoms with Crippen LogP contribution >= 0.6 is 15.9 Å². The van der Waals surface area contributed by atoms with Gasteiger partial charge in [-0.05, 0) is 49.2 Å². The molecule has 0 amide bonds. The van der Waals surface area contributed by atoms with E-state index in [0.717, 1.165) is 29.7 Å². The van der Waals surface area contributed by atoms with Crippen molar-refractivity contribution in [1.29, 1.82) is 0 Å². The number of benzene rings is 2. The van der Waals surface area contributed by atoms with Crippen LogP contribution in [-0.4, -0.2) is 29.6 Å². The molecule has 3 rings (SSSR count). The van der Waals surface area contributed by atoms with Gasteiger partial charge >= 0.3 is 0 Å². The normalized spacial score (nSPS) is 18.5. The molecule has 2 atom stereocenters. The average Bonchev–Trinajstić information content (AvgIpc) is 2.61. The molecule has 0 radical (unpaired) electrons. The Morgan fingerprint density at radius 3 is 2.17 bits per heavy atom. The van der Waals surface area contributed by atoms with Gasteiger partial charge in [0.1, 0.15) is 0 Å². The minimum atomic E-state index is -0.479. The van der Waals surface area contributed by atoms with Crippen LogP contribution < -0.4 is 0 Å². The van der Waals surface area contributed by atoms with E-state index >= 15 is 0 Å². The number of aliphatic hydroxyl groups is 1. The molecule has 23 heavy (non-hydrogen) atoms. The number of rotatable bonds is 5. The van der Waals surface area contributed by atoms with Gasteiger partial charge < -0.3 is 10.0 Å². The Morgan fingerprint density at radius 2 is 1.52 bits per heavy atom. The van der Waals surface area contributed by atoms with Crippen LogP contribution in [0.4, 0.5) is 0 Å². The molecule has 1 saturated heterocycles. The van der Waals surface area contributed by atoms with Gasteiger partial charge in [-0.2, -0.15) is 0 Å². The summed E-state index contributed by atoms with van der Waals surface area (Å²) in [5, 5.41) is 11.0.